The van der Waals surface area contributed by atoms with E-state index >= 15 is 0 Å². The lowest BCUT2D eigenvalue weighted by Gasteiger charge is -2.35. The van der Waals surface area contributed by atoms with Crippen LogP contribution >= 0.6 is 0 Å². The van der Waals surface area contributed by atoms with Gasteiger partial charge in [0.05, 0.1) is 0 Å². The third-order valence-corrected chi connectivity index (χ3v) is 3.22. The van der Waals surface area contributed by atoms with Gasteiger partial charge in [-0.1, -0.05) is 0 Å². The average molecular weight is 190 g/mol. The van der Waals surface area contributed by atoms with Crippen molar-refractivity contribution in [1.82, 2.24) is 10.3 Å². The van der Waals surface area contributed by atoms with Crippen molar-refractivity contribution in [2.75, 3.05) is 13.6 Å². The molecule has 1 aliphatic carbocycles. The molecule has 0 amide bonds. The minimum Gasteiger partial charge on any atom is -0.320 e. The molecule has 1 N–H and O–H groups in total. The molecule has 1 aliphatic rings. The molecule has 1 heterocycles. The highest BCUT2D eigenvalue weighted by molar-refractivity contribution is 5.18. The number of nitrogens with one attached hydrogen (secondary N) is 1. The summed E-state index contributed by atoms with van der Waals surface area (Å²) in [5, 5.41) is 3.21. The van der Waals surface area contributed by atoms with Crippen LogP contribution in [0.5, 0.6) is 0 Å². The zero-order valence-corrected chi connectivity index (χ0v) is 8.74. The van der Waals surface area contributed by atoms with Crippen LogP contribution in [0, 0.1) is 5.92 Å². The molecule has 1 fully saturated rings. The van der Waals surface area contributed by atoms with Crippen LogP contribution in [0.3, 0.4) is 0 Å². The number of rotatable bonds is 4. The summed E-state index contributed by atoms with van der Waals surface area (Å²) >= 11 is 0. The van der Waals surface area contributed by atoms with Crippen LogP contribution in [-0.4, -0.2) is 18.6 Å². The molecular weight excluding hydrogens is 172 g/mol. The van der Waals surface area contributed by atoms with Crippen LogP contribution in [0.15, 0.2) is 24.5 Å². The lowest BCUT2D eigenvalue weighted by atomic mass is 9.70. The fourth-order valence-corrected chi connectivity index (χ4v) is 2.23. The Balaban J connectivity index is 1.78. The summed E-state index contributed by atoms with van der Waals surface area (Å²) in [7, 11) is 2.03. The summed E-state index contributed by atoms with van der Waals surface area (Å²) in [5.41, 5.74) is 1.47. The van der Waals surface area contributed by atoms with Crippen LogP contribution in [0.4, 0.5) is 0 Å². The van der Waals surface area contributed by atoms with Gasteiger partial charge in [0.15, 0.2) is 0 Å². The first-order chi connectivity index (χ1) is 6.90. The molecule has 0 aliphatic heterocycles. The second-order valence-corrected chi connectivity index (χ2v) is 4.21. The van der Waals surface area contributed by atoms with Crippen molar-refractivity contribution in [3.63, 3.8) is 0 Å². The summed E-state index contributed by atoms with van der Waals surface area (Å²) in [5.74, 6) is 1.75. The molecule has 0 aromatic carbocycles. The summed E-state index contributed by atoms with van der Waals surface area (Å²) < 4.78 is 0. The summed E-state index contributed by atoms with van der Waals surface area (Å²) in [6.07, 6.45) is 7.86. The van der Waals surface area contributed by atoms with Gasteiger partial charge in [-0.05, 0) is 62.4 Å². The molecule has 0 bridgehead atoms. The van der Waals surface area contributed by atoms with Crippen LogP contribution in [0.1, 0.15) is 30.7 Å². The van der Waals surface area contributed by atoms with Gasteiger partial charge in [-0.25, -0.2) is 0 Å². The van der Waals surface area contributed by atoms with Crippen molar-refractivity contribution in [3.8, 4) is 0 Å². The maximum atomic E-state index is 4.04. The average Bonchev–Trinajstić information content (AvgIpc) is 2.17. The molecule has 2 nitrogen and oxygen atoms in total. The van der Waals surface area contributed by atoms with Crippen molar-refractivity contribution in [2.24, 2.45) is 5.92 Å². The fourth-order valence-electron chi connectivity index (χ4n) is 2.23. The largest absolute Gasteiger partial charge is 0.320 e. The highest BCUT2D eigenvalue weighted by atomic mass is 14.8. The maximum absolute atomic E-state index is 4.04. The Morgan fingerprint density at radius 1 is 1.36 bits per heavy atom. The van der Waals surface area contributed by atoms with Gasteiger partial charge in [0.25, 0.3) is 0 Å². The maximum Gasteiger partial charge on any atom is 0.0270 e. The van der Waals surface area contributed by atoms with E-state index in [1.807, 2.05) is 19.4 Å². The molecule has 0 atom stereocenters. The third kappa shape index (κ3) is 2.13. The predicted molar refractivity (Wildman–Crippen MR) is 58.2 cm³/mol. The highest BCUT2D eigenvalue weighted by Gasteiger charge is 2.29. The second-order valence-electron chi connectivity index (χ2n) is 4.21. The first-order valence-electron chi connectivity index (χ1n) is 5.44. The van der Waals surface area contributed by atoms with E-state index in [2.05, 4.69) is 22.4 Å². The zero-order chi connectivity index (χ0) is 9.80. The Bertz CT molecular complexity index is 265. The standard InChI is InChI=1S/C12H18N2/c1-13-5-2-10-8-12(9-10)11-3-6-14-7-4-11/h3-4,6-7,10,12-13H,2,5,8-9H2,1H3. The predicted octanol–water partition coefficient (Wildman–Crippen LogP) is 2.18. The van der Waals surface area contributed by atoms with Crippen LogP contribution in [0.25, 0.3) is 0 Å². The van der Waals surface area contributed by atoms with E-state index in [4.69, 9.17) is 0 Å². The van der Waals surface area contributed by atoms with E-state index < -0.39 is 0 Å². The van der Waals surface area contributed by atoms with E-state index in [0.29, 0.717) is 0 Å². The topological polar surface area (TPSA) is 24.9 Å². The highest BCUT2D eigenvalue weighted by Crippen LogP contribution is 2.42. The first kappa shape index (κ1) is 9.66. The molecule has 1 aromatic rings. The fraction of sp³-hybridized carbons (Fsp3) is 0.583. The lowest BCUT2D eigenvalue weighted by molar-refractivity contribution is 0.247. The lowest BCUT2D eigenvalue weighted by Crippen LogP contribution is -2.25. The van der Waals surface area contributed by atoms with Gasteiger partial charge in [-0.15, -0.1) is 0 Å². The molecule has 2 heteroatoms. The van der Waals surface area contributed by atoms with Crippen LogP contribution in [0.2, 0.25) is 0 Å². The molecule has 2 rings (SSSR count). The second kappa shape index (κ2) is 4.56. The molecule has 0 unspecified atom stereocenters. The van der Waals surface area contributed by atoms with E-state index in [1.165, 1.54) is 24.8 Å². The van der Waals surface area contributed by atoms with E-state index in [-0.39, 0.29) is 0 Å². The van der Waals surface area contributed by atoms with Gasteiger partial charge < -0.3 is 5.32 Å². The van der Waals surface area contributed by atoms with Gasteiger partial charge >= 0.3 is 0 Å². The van der Waals surface area contributed by atoms with Crippen molar-refractivity contribution >= 4 is 0 Å². The minimum atomic E-state index is 0.805. The third-order valence-electron chi connectivity index (χ3n) is 3.22. The van der Waals surface area contributed by atoms with Crippen LogP contribution < -0.4 is 5.32 Å². The Labute approximate surface area is 85.7 Å². The summed E-state index contributed by atoms with van der Waals surface area (Å²) in [4.78, 5) is 4.04. The van der Waals surface area contributed by atoms with Gasteiger partial charge in [-0.3, -0.25) is 4.98 Å². The Hall–Kier alpha value is -0.890. The van der Waals surface area contributed by atoms with Crippen molar-refractivity contribution in [3.05, 3.63) is 30.1 Å². The molecule has 0 saturated heterocycles. The molecule has 1 saturated carbocycles. The van der Waals surface area contributed by atoms with Crippen molar-refractivity contribution < 1.29 is 0 Å². The van der Waals surface area contributed by atoms with Crippen molar-refractivity contribution in [2.45, 2.75) is 25.2 Å². The number of hydrogen-bond acceptors (Lipinski definition) is 2. The minimum absolute atomic E-state index is 0.805. The molecule has 1 aromatic heterocycles. The number of nitrogens with zero attached hydrogens (tertiary/aromatic N) is 1. The molecule has 0 spiro atoms. The molecule has 76 valence electrons. The SMILES string of the molecule is CNCCC1CC(c2ccncc2)C1. The smallest absolute Gasteiger partial charge is 0.0270 e. The molecular formula is C12H18N2. The quantitative estimate of drug-likeness (QED) is 0.787. The first-order valence-corrected chi connectivity index (χ1v) is 5.44. The summed E-state index contributed by atoms with van der Waals surface area (Å²) in [6, 6.07) is 4.30. The van der Waals surface area contributed by atoms with Gasteiger partial charge in [-0.2, -0.15) is 0 Å². The zero-order valence-electron chi connectivity index (χ0n) is 8.74. The summed E-state index contributed by atoms with van der Waals surface area (Å²) in [6.45, 7) is 1.16. The molecule has 14 heavy (non-hydrogen) atoms. The number of aromatic nitrogens is 1. The van der Waals surface area contributed by atoms with E-state index in [1.54, 1.807) is 0 Å². The Morgan fingerprint density at radius 3 is 2.71 bits per heavy atom. The monoisotopic (exact) mass is 190 g/mol. The van der Waals surface area contributed by atoms with E-state index in [0.717, 1.165) is 18.4 Å². The number of hydrogen-bond donors (Lipinski definition) is 1. The van der Waals surface area contributed by atoms with E-state index in [9.17, 15) is 0 Å². The van der Waals surface area contributed by atoms with Gasteiger partial charge in [0, 0.05) is 12.4 Å². The van der Waals surface area contributed by atoms with Gasteiger partial charge in [0.2, 0.25) is 0 Å². The Kier molecular flexibility index (Phi) is 3.14. The van der Waals surface area contributed by atoms with Crippen molar-refractivity contribution in [1.29, 1.82) is 0 Å². The molecule has 0 radical (unpaired) electrons. The van der Waals surface area contributed by atoms with Gasteiger partial charge in [0.1, 0.15) is 0 Å². The van der Waals surface area contributed by atoms with Crippen LogP contribution in [-0.2, 0) is 0 Å². The number of pyridine rings is 1. The Morgan fingerprint density at radius 2 is 2.07 bits per heavy atom. The normalized spacial score (nSPS) is 25.8.